The van der Waals surface area contributed by atoms with Crippen LogP contribution in [0.15, 0.2) is 12.4 Å². The molecule has 0 aromatic carbocycles. The molecule has 0 radical (unpaired) electrons. The number of anilines is 1. The number of aromatic carboxylic acids is 1. The Morgan fingerprint density at radius 3 is 2.81 bits per heavy atom. The van der Waals surface area contributed by atoms with Crippen LogP contribution in [0, 0.1) is 0 Å². The molecule has 1 aromatic heterocycles. The van der Waals surface area contributed by atoms with Crippen LogP contribution in [0.2, 0.25) is 0 Å². The molecule has 21 heavy (non-hydrogen) atoms. The van der Waals surface area contributed by atoms with Gasteiger partial charge in [-0.05, 0) is 13.8 Å². The maximum absolute atomic E-state index is 10.8. The lowest BCUT2D eigenvalue weighted by Gasteiger charge is -2.45. The largest absolute Gasteiger partial charge is 0.476 e. The van der Waals surface area contributed by atoms with E-state index in [9.17, 15) is 4.79 Å². The summed E-state index contributed by atoms with van der Waals surface area (Å²) in [7, 11) is 0. The fraction of sp³-hybridized carbons (Fsp3) is 0.643. The van der Waals surface area contributed by atoms with Gasteiger partial charge in [0.1, 0.15) is 11.4 Å². The topological polar surface area (TPSA) is 84.8 Å². The summed E-state index contributed by atoms with van der Waals surface area (Å²) in [6.07, 6.45) is 3.75. The zero-order chi connectivity index (χ0) is 15.0. The summed E-state index contributed by atoms with van der Waals surface area (Å²) in [6, 6.07) is 0. The number of carbonyl (C=O) groups is 1. The summed E-state index contributed by atoms with van der Waals surface area (Å²) in [4.78, 5) is 21.1. The Balaban J connectivity index is 1.82. The van der Waals surface area contributed by atoms with Crippen molar-refractivity contribution in [2.75, 3.05) is 24.6 Å². The quantitative estimate of drug-likeness (QED) is 0.868. The van der Waals surface area contributed by atoms with E-state index < -0.39 is 5.97 Å². The van der Waals surface area contributed by atoms with Gasteiger partial charge < -0.3 is 19.5 Å². The summed E-state index contributed by atoms with van der Waals surface area (Å²) in [5.41, 5.74) is -0.363. The molecule has 0 aliphatic carbocycles. The van der Waals surface area contributed by atoms with Crippen LogP contribution in [0.3, 0.4) is 0 Å². The zero-order valence-electron chi connectivity index (χ0n) is 12.2. The Morgan fingerprint density at radius 2 is 2.24 bits per heavy atom. The molecule has 2 aliphatic heterocycles. The van der Waals surface area contributed by atoms with Gasteiger partial charge in [0.2, 0.25) is 0 Å². The van der Waals surface area contributed by atoms with Gasteiger partial charge in [0.15, 0.2) is 5.69 Å². The van der Waals surface area contributed by atoms with E-state index in [4.69, 9.17) is 14.6 Å². The molecule has 0 saturated carbocycles. The summed E-state index contributed by atoms with van der Waals surface area (Å²) < 4.78 is 11.8. The van der Waals surface area contributed by atoms with Crippen LogP contribution in [-0.4, -0.2) is 58.5 Å². The van der Waals surface area contributed by atoms with Gasteiger partial charge in [-0.25, -0.2) is 14.8 Å². The Hall–Kier alpha value is -1.73. The van der Waals surface area contributed by atoms with Crippen LogP contribution >= 0.6 is 0 Å². The van der Waals surface area contributed by atoms with E-state index in [1.807, 2.05) is 13.8 Å². The molecule has 2 fully saturated rings. The highest BCUT2D eigenvalue weighted by molar-refractivity contribution is 5.84. The van der Waals surface area contributed by atoms with E-state index in [1.165, 1.54) is 12.4 Å². The van der Waals surface area contributed by atoms with Gasteiger partial charge >= 0.3 is 5.97 Å². The maximum Gasteiger partial charge on any atom is 0.356 e. The van der Waals surface area contributed by atoms with Gasteiger partial charge in [-0.3, -0.25) is 0 Å². The predicted molar refractivity (Wildman–Crippen MR) is 74.5 cm³/mol. The number of carboxylic acid groups (broad SMARTS) is 1. The lowest BCUT2D eigenvalue weighted by atomic mass is 9.93. The van der Waals surface area contributed by atoms with Gasteiger partial charge in [0.25, 0.3) is 0 Å². The lowest BCUT2D eigenvalue weighted by Crippen LogP contribution is -2.58. The third-order valence-corrected chi connectivity index (χ3v) is 4.19. The van der Waals surface area contributed by atoms with Gasteiger partial charge in [0.05, 0.1) is 31.1 Å². The minimum absolute atomic E-state index is 0.0361. The first kappa shape index (κ1) is 14.2. The summed E-state index contributed by atoms with van der Waals surface area (Å²) in [6.45, 7) is 6.14. The number of aromatic nitrogens is 2. The van der Waals surface area contributed by atoms with Crippen molar-refractivity contribution >= 4 is 11.8 Å². The van der Waals surface area contributed by atoms with E-state index in [0.717, 1.165) is 6.42 Å². The predicted octanol–water partition coefficient (Wildman–Crippen LogP) is 0.947. The molecule has 114 valence electrons. The normalized spacial score (nSPS) is 32.6. The Labute approximate surface area is 122 Å². The van der Waals surface area contributed by atoms with Crippen molar-refractivity contribution in [3.63, 3.8) is 0 Å². The molecule has 0 amide bonds. The van der Waals surface area contributed by atoms with Gasteiger partial charge in [-0.1, -0.05) is 0 Å². The van der Waals surface area contributed by atoms with E-state index in [1.54, 1.807) is 0 Å². The fourth-order valence-electron chi connectivity index (χ4n) is 3.07. The first-order valence-corrected chi connectivity index (χ1v) is 7.10. The zero-order valence-corrected chi connectivity index (χ0v) is 12.2. The molecular formula is C14H19N3O4. The summed E-state index contributed by atoms with van der Waals surface area (Å²) in [5, 5.41) is 8.88. The maximum atomic E-state index is 10.8. The van der Waals surface area contributed by atoms with Gasteiger partial charge in [-0.2, -0.15) is 0 Å². The second kappa shape index (κ2) is 5.23. The average Bonchev–Trinajstić information content (AvgIpc) is 2.78. The Bertz CT molecular complexity index is 536. The molecule has 1 N–H and O–H groups in total. The smallest absolute Gasteiger partial charge is 0.356 e. The molecule has 3 rings (SSSR count). The number of carboxylic acids is 1. The molecule has 1 spiro atoms. The molecule has 3 atom stereocenters. The van der Waals surface area contributed by atoms with Crippen molar-refractivity contribution < 1.29 is 19.4 Å². The van der Waals surface area contributed by atoms with Crippen LogP contribution in [0.25, 0.3) is 0 Å². The Morgan fingerprint density at radius 1 is 1.43 bits per heavy atom. The van der Waals surface area contributed by atoms with E-state index >= 15 is 0 Å². The minimum Gasteiger partial charge on any atom is -0.476 e. The lowest BCUT2D eigenvalue weighted by molar-refractivity contribution is -0.126. The molecule has 0 bridgehead atoms. The van der Waals surface area contributed by atoms with Crippen LogP contribution in [0.5, 0.6) is 0 Å². The molecule has 2 saturated heterocycles. The molecular weight excluding hydrogens is 274 g/mol. The highest BCUT2D eigenvalue weighted by Crippen LogP contribution is 2.36. The number of hydrogen-bond acceptors (Lipinski definition) is 6. The van der Waals surface area contributed by atoms with Gasteiger partial charge in [0, 0.05) is 19.6 Å². The molecule has 7 heteroatoms. The van der Waals surface area contributed by atoms with Crippen LogP contribution in [-0.2, 0) is 9.47 Å². The number of ether oxygens (including phenoxy) is 2. The van der Waals surface area contributed by atoms with E-state index in [2.05, 4.69) is 14.9 Å². The van der Waals surface area contributed by atoms with Crippen molar-refractivity contribution in [3.05, 3.63) is 18.1 Å². The van der Waals surface area contributed by atoms with Crippen molar-refractivity contribution in [2.45, 2.75) is 38.1 Å². The van der Waals surface area contributed by atoms with Crippen LogP contribution in [0.1, 0.15) is 30.8 Å². The number of hydrogen-bond donors (Lipinski definition) is 1. The molecule has 2 aliphatic rings. The summed E-state index contributed by atoms with van der Waals surface area (Å²) in [5.74, 6) is -0.396. The molecule has 1 aromatic rings. The van der Waals surface area contributed by atoms with Crippen LogP contribution in [0.4, 0.5) is 5.82 Å². The van der Waals surface area contributed by atoms with Crippen molar-refractivity contribution in [3.8, 4) is 0 Å². The number of morpholine rings is 1. The third kappa shape index (κ3) is 2.58. The van der Waals surface area contributed by atoms with Gasteiger partial charge in [-0.15, -0.1) is 0 Å². The SMILES string of the molecule is CC1CN(c2cnc(C(=O)O)cn2)CC2(CCOC2C)O1. The van der Waals surface area contributed by atoms with Crippen molar-refractivity contribution in [1.82, 2.24) is 9.97 Å². The van der Waals surface area contributed by atoms with E-state index in [-0.39, 0.29) is 23.5 Å². The first-order valence-electron chi connectivity index (χ1n) is 7.10. The molecule has 3 heterocycles. The standard InChI is InChI=1S/C14H19N3O4/c1-9-7-17(8-14(21-9)3-4-20-10(14)2)12-6-15-11(5-16-12)13(18)19/h5-6,9-10H,3-4,7-8H2,1-2H3,(H,18,19). The van der Waals surface area contributed by atoms with Crippen LogP contribution < -0.4 is 4.90 Å². The minimum atomic E-state index is -1.07. The molecule has 3 unspecified atom stereocenters. The van der Waals surface area contributed by atoms with Crippen molar-refractivity contribution in [2.24, 2.45) is 0 Å². The molecule has 7 nitrogen and oxygen atoms in total. The second-order valence-corrected chi connectivity index (χ2v) is 5.70. The highest BCUT2D eigenvalue weighted by atomic mass is 16.6. The fourth-order valence-corrected chi connectivity index (χ4v) is 3.07. The second-order valence-electron chi connectivity index (χ2n) is 5.70. The monoisotopic (exact) mass is 293 g/mol. The highest BCUT2D eigenvalue weighted by Gasteiger charge is 2.48. The van der Waals surface area contributed by atoms with Crippen molar-refractivity contribution in [1.29, 1.82) is 0 Å². The number of rotatable bonds is 2. The average molecular weight is 293 g/mol. The summed E-state index contributed by atoms with van der Waals surface area (Å²) >= 11 is 0. The number of nitrogens with zero attached hydrogens (tertiary/aromatic N) is 3. The first-order chi connectivity index (χ1) is 10.00. The van der Waals surface area contributed by atoms with E-state index in [0.29, 0.717) is 25.5 Å². The third-order valence-electron chi connectivity index (χ3n) is 4.19. The Kier molecular flexibility index (Phi) is 3.54.